The highest BCUT2D eigenvalue weighted by Crippen LogP contribution is 2.28. The SMILES string of the molecule is Cl.NCC1(NC(=O)C2COCCO2)CCCC1. The number of rotatable bonds is 3. The molecule has 0 aromatic heterocycles. The van der Waals surface area contributed by atoms with Crippen LogP contribution in [0, 0.1) is 0 Å². The van der Waals surface area contributed by atoms with E-state index < -0.39 is 6.10 Å². The quantitative estimate of drug-likeness (QED) is 0.764. The molecule has 2 aliphatic rings. The Morgan fingerprint density at radius 3 is 2.59 bits per heavy atom. The molecule has 1 unspecified atom stereocenters. The van der Waals surface area contributed by atoms with Crippen molar-refractivity contribution in [2.75, 3.05) is 26.4 Å². The average Bonchev–Trinajstić information content (AvgIpc) is 2.79. The van der Waals surface area contributed by atoms with Crippen LogP contribution in [0.4, 0.5) is 0 Å². The number of nitrogens with two attached hydrogens (primary N) is 1. The number of carbonyl (C=O) groups is 1. The van der Waals surface area contributed by atoms with Crippen molar-refractivity contribution in [3.05, 3.63) is 0 Å². The highest BCUT2D eigenvalue weighted by Gasteiger charge is 2.36. The summed E-state index contributed by atoms with van der Waals surface area (Å²) in [7, 11) is 0. The number of ether oxygens (including phenoxy) is 2. The fraction of sp³-hybridized carbons (Fsp3) is 0.909. The largest absolute Gasteiger partial charge is 0.376 e. The molecule has 0 aromatic carbocycles. The second kappa shape index (κ2) is 6.54. The maximum atomic E-state index is 11.9. The monoisotopic (exact) mass is 264 g/mol. The van der Waals surface area contributed by atoms with E-state index >= 15 is 0 Å². The van der Waals surface area contributed by atoms with Crippen LogP contribution < -0.4 is 11.1 Å². The van der Waals surface area contributed by atoms with E-state index in [1.54, 1.807) is 0 Å². The molecular formula is C11H21ClN2O3. The number of nitrogens with one attached hydrogen (secondary N) is 1. The van der Waals surface area contributed by atoms with Crippen LogP contribution in [-0.4, -0.2) is 43.9 Å². The van der Waals surface area contributed by atoms with E-state index in [0.29, 0.717) is 26.4 Å². The van der Waals surface area contributed by atoms with Crippen molar-refractivity contribution < 1.29 is 14.3 Å². The summed E-state index contributed by atoms with van der Waals surface area (Å²) in [4.78, 5) is 11.9. The summed E-state index contributed by atoms with van der Waals surface area (Å²) in [5, 5.41) is 3.04. The molecule has 0 bridgehead atoms. The van der Waals surface area contributed by atoms with E-state index in [1.807, 2.05) is 0 Å². The van der Waals surface area contributed by atoms with Crippen molar-refractivity contribution in [1.29, 1.82) is 0 Å². The van der Waals surface area contributed by atoms with Gasteiger partial charge in [0.25, 0.3) is 5.91 Å². The van der Waals surface area contributed by atoms with Gasteiger partial charge in [-0.15, -0.1) is 12.4 Å². The summed E-state index contributed by atoms with van der Waals surface area (Å²) in [6.45, 7) is 1.93. The third-order valence-corrected chi connectivity index (χ3v) is 3.45. The van der Waals surface area contributed by atoms with Gasteiger partial charge in [0.15, 0.2) is 6.10 Å². The normalized spacial score (nSPS) is 27.2. The summed E-state index contributed by atoms with van der Waals surface area (Å²) in [6, 6.07) is 0. The summed E-state index contributed by atoms with van der Waals surface area (Å²) < 4.78 is 10.6. The first-order chi connectivity index (χ1) is 7.76. The van der Waals surface area contributed by atoms with Crippen LogP contribution in [0.3, 0.4) is 0 Å². The van der Waals surface area contributed by atoms with Gasteiger partial charge in [0.2, 0.25) is 0 Å². The molecular weight excluding hydrogens is 244 g/mol. The van der Waals surface area contributed by atoms with Crippen molar-refractivity contribution in [2.24, 2.45) is 5.73 Å². The summed E-state index contributed by atoms with van der Waals surface area (Å²) >= 11 is 0. The standard InChI is InChI=1S/C11H20N2O3.ClH/c12-8-11(3-1-2-4-11)13-10(14)9-7-15-5-6-16-9;/h9H,1-8,12H2,(H,13,14);1H. The van der Waals surface area contributed by atoms with Crippen molar-refractivity contribution in [1.82, 2.24) is 5.32 Å². The van der Waals surface area contributed by atoms with E-state index in [-0.39, 0.29) is 23.9 Å². The first-order valence-corrected chi connectivity index (χ1v) is 5.97. The molecule has 0 radical (unpaired) electrons. The third kappa shape index (κ3) is 3.55. The van der Waals surface area contributed by atoms with Crippen LogP contribution >= 0.6 is 12.4 Å². The van der Waals surface area contributed by atoms with Crippen LogP contribution in [0.15, 0.2) is 0 Å². The van der Waals surface area contributed by atoms with Crippen LogP contribution in [0.25, 0.3) is 0 Å². The lowest BCUT2D eigenvalue weighted by Gasteiger charge is -2.31. The smallest absolute Gasteiger partial charge is 0.252 e. The number of halogens is 1. The molecule has 3 N–H and O–H groups in total. The second-order valence-electron chi connectivity index (χ2n) is 4.62. The van der Waals surface area contributed by atoms with Crippen molar-refractivity contribution in [3.8, 4) is 0 Å². The van der Waals surface area contributed by atoms with Gasteiger partial charge in [-0.3, -0.25) is 4.79 Å². The predicted octanol–water partition coefficient (Wildman–Crippen LogP) is 0.211. The van der Waals surface area contributed by atoms with Gasteiger partial charge in [-0.25, -0.2) is 0 Å². The van der Waals surface area contributed by atoms with Crippen LogP contribution in [0.2, 0.25) is 0 Å². The molecule has 6 heteroatoms. The Bertz CT molecular complexity index is 251. The van der Waals surface area contributed by atoms with Gasteiger partial charge in [-0.1, -0.05) is 12.8 Å². The Hall–Kier alpha value is -0.360. The van der Waals surface area contributed by atoms with Gasteiger partial charge in [0.1, 0.15) is 0 Å². The summed E-state index contributed by atoms with van der Waals surface area (Å²) in [6.07, 6.45) is 3.77. The highest BCUT2D eigenvalue weighted by atomic mass is 35.5. The molecule has 2 fully saturated rings. The molecule has 1 aliphatic carbocycles. The summed E-state index contributed by atoms with van der Waals surface area (Å²) in [5.41, 5.74) is 5.56. The zero-order chi connectivity index (χ0) is 11.4. The number of amides is 1. The van der Waals surface area contributed by atoms with E-state index in [0.717, 1.165) is 25.7 Å². The lowest BCUT2D eigenvalue weighted by atomic mass is 9.97. The van der Waals surface area contributed by atoms with E-state index in [2.05, 4.69) is 5.32 Å². The van der Waals surface area contributed by atoms with Crippen LogP contribution in [0.5, 0.6) is 0 Å². The van der Waals surface area contributed by atoms with Gasteiger partial charge >= 0.3 is 0 Å². The highest BCUT2D eigenvalue weighted by molar-refractivity contribution is 5.85. The maximum absolute atomic E-state index is 11.9. The van der Waals surface area contributed by atoms with Crippen molar-refractivity contribution in [2.45, 2.75) is 37.3 Å². The van der Waals surface area contributed by atoms with E-state index in [4.69, 9.17) is 15.2 Å². The van der Waals surface area contributed by atoms with E-state index in [9.17, 15) is 4.79 Å². The average molecular weight is 265 g/mol. The molecule has 100 valence electrons. The Labute approximate surface area is 108 Å². The molecule has 1 amide bonds. The molecule has 1 saturated heterocycles. The minimum atomic E-state index is -0.460. The third-order valence-electron chi connectivity index (χ3n) is 3.45. The van der Waals surface area contributed by atoms with Gasteiger partial charge < -0.3 is 20.5 Å². The number of hydrogen-bond acceptors (Lipinski definition) is 4. The molecule has 1 atom stereocenters. The topological polar surface area (TPSA) is 73.6 Å². The second-order valence-corrected chi connectivity index (χ2v) is 4.62. The molecule has 17 heavy (non-hydrogen) atoms. The van der Waals surface area contributed by atoms with Crippen LogP contribution in [0.1, 0.15) is 25.7 Å². The Morgan fingerprint density at radius 2 is 2.06 bits per heavy atom. The lowest BCUT2D eigenvalue weighted by Crippen LogP contribution is -2.56. The fourth-order valence-electron chi connectivity index (χ4n) is 2.41. The Morgan fingerprint density at radius 1 is 1.35 bits per heavy atom. The molecule has 1 saturated carbocycles. The first kappa shape index (κ1) is 14.7. The number of carbonyl (C=O) groups excluding carboxylic acids is 1. The first-order valence-electron chi connectivity index (χ1n) is 5.97. The number of hydrogen-bond donors (Lipinski definition) is 2. The molecule has 1 heterocycles. The Kier molecular flexibility index (Phi) is 5.66. The van der Waals surface area contributed by atoms with Crippen molar-refractivity contribution >= 4 is 18.3 Å². The molecule has 2 rings (SSSR count). The minimum absolute atomic E-state index is 0. The molecule has 0 aromatic rings. The van der Waals surface area contributed by atoms with Gasteiger partial charge in [0.05, 0.1) is 25.4 Å². The molecule has 1 aliphatic heterocycles. The van der Waals surface area contributed by atoms with Gasteiger partial charge in [-0.05, 0) is 12.8 Å². The minimum Gasteiger partial charge on any atom is -0.376 e. The summed E-state index contributed by atoms with van der Waals surface area (Å²) in [5.74, 6) is -0.0768. The van der Waals surface area contributed by atoms with Crippen LogP contribution in [-0.2, 0) is 14.3 Å². The zero-order valence-corrected chi connectivity index (χ0v) is 10.8. The van der Waals surface area contributed by atoms with E-state index in [1.165, 1.54) is 0 Å². The fourth-order valence-corrected chi connectivity index (χ4v) is 2.41. The molecule has 0 spiro atoms. The van der Waals surface area contributed by atoms with Crippen molar-refractivity contribution in [3.63, 3.8) is 0 Å². The van der Waals surface area contributed by atoms with Gasteiger partial charge in [-0.2, -0.15) is 0 Å². The Balaban J connectivity index is 0.00000144. The maximum Gasteiger partial charge on any atom is 0.252 e. The van der Waals surface area contributed by atoms with Gasteiger partial charge in [0, 0.05) is 6.54 Å². The zero-order valence-electron chi connectivity index (χ0n) is 9.94. The predicted molar refractivity (Wildman–Crippen MR) is 66.2 cm³/mol. The molecule has 5 nitrogen and oxygen atoms in total. The lowest BCUT2D eigenvalue weighted by molar-refractivity contribution is -0.149.